The second-order valence-corrected chi connectivity index (χ2v) is 4.62. The van der Waals surface area contributed by atoms with Crippen LogP contribution in [0.1, 0.15) is 24.5 Å². The summed E-state index contributed by atoms with van der Waals surface area (Å²) in [7, 11) is 1.61. The molecule has 0 heterocycles. The highest BCUT2D eigenvalue weighted by Gasteiger charge is 2.40. The standard InChI is InChI=1S/C15H23NO3/c1-4-19-14(17)15(11-16,8-9-18-3)13-7-5-6-12(2)10-13/h5-7,10H,4,8-9,11,16H2,1-3H3. The average molecular weight is 265 g/mol. The Balaban J connectivity index is 3.18. The fourth-order valence-corrected chi connectivity index (χ4v) is 2.16. The normalized spacial score (nSPS) is 13.9. The van der Waals surface area contributed by atoms with Gasteiger partial charge in [-0.2, -0.15) is 0 Å². The molecule has 2 N–H and O–H groups in total. The van der Waals surface area contributed by atoms with Gasteiger partial charge < -0.3 is 15.2 Å². The van der Waals surface area contributed by atoms with Gasteiger partial charge in [-0.3, -0.25) is 4.79 Å². The van der Waals surface area contributed by atoms with Crippen LogP contribution in [0.15, 0.2) is 24.3 Å². The van der Waals surface area contributed by atoms with E-state index in [4.69, 9.17) is 15.2 Å². The number of carbonyl (C=O) groups is 1. The van der Waals surface area contributed by atoms with Gasteiger partial charge in [-0.05, 0) is 25.8 Å². The zero-order valence-electron chi connectivity index (χ0n) is 11.9. The van der Waals surface area contributed by atoms with Crippen LogP contribution in [-0.4, -0.2) is 32.8 Å². The number of rotatable bonds is 7. The molecule has 0 spiro atoms. The van der Waals surface area contributed by atoms with Crippen molar-refractivity contribution in [1.29, 1.82) is 0 Å². The van der Waals surface area contributed by atoms with Gasteiger partial charge in [0.2, 0.25) is 0 Å². The molecule has 0 bridgehead atoms. The van der Waals surface area contributed by atoms with Crippen molar-refractivity contribution in [3.63, 3.8) is 0 Å². The van der Waals surface area contributed by atoms with Crippen molar-refractivity contribution in [1.82, 2.24) is 0 Å². The predicted molar refractivity (Wildman–Crippen MR) is 75.0 cm³/mol. The van der Waals surface area contributed by atoms with E-state index in [-0.39, 0.29) is 12.5 Å². The summed E-state index contributed by atoms with van der Waals surface area (Å²) in [5.41, 5.74) is 7.07. The van der Waals surface area contributed by atoms with Crippen LogP contribution in [0.25, 0.3) is 0 Å². The summed E-state index contributed by atoms with van der Waals surface area (Å²) >= 11 is 0. The summed E-state index contributed by atoms with van der Waals surface area (Å²) in [4.78, 5) is 12.4. The lowest BCUT2D eigenvalue weighted by molar-refractivity contribution is -0.150. The highest BCUT2D eigenvalue weighted by Crippen LogP contribution is 2.29. The van der Waals surface area contributed by atoms with E-state index in [2.05, 4.69) is 0 Å². The molecule has 0 aliphatic rings. The van der Waals surface area contributed by atoms with E-state index in [1.807, 2.05) is 31.2 Å². The molecule has 19 heavy (non-hydrogen) atoms. The summed E-state index contributed by atoms with van der Waals surface area (Å²) in [6, 6.07) is 7.83. The maximum absolute atomic E-state index is 12.4. The largest absolute Gasteiger partial charge is 0.465 e. The van der Waals surface area contributed by atoms with Crippen molar-refractivity contribution in [2.75, 3.05) is 26.9 Å². The molecule has 1 aromatic rings. The van der Waals surface area contributed by atoms with Crippen LogP contribution >= 0.6 is 0 Å². The lowest BCUT2D eigenvalue weighted by Gasteiger charge is -2.30. The molecule has 0 radical (unpaired) electrons. The minimum Gasteiger partial charge on any atom is -0.465 e. The highest BCUT2D eigenvalue weighted by atomic mass is 16.5. The van der Waals surface area contributed by atoms with Gasteiger partial charge in [-0.1, -0.05) is 29.8 Å². The number of esters is 1. The number of hydrogen-bond acceptors (Lipinski definition) is 4. The number of ether oxygens (including phenoxy) is 2. The molecule has 0 aliphatic heterocycles. The first kappa shape index (κ1) is 15.7. The van der Waals surface area contributed by atoms with Gasteiger partial charge in [0.25, 0.3) is 0 Å². The number of nitrogens with two attached hydrogens (primary N) is 1. The minimum absolute atomic E-state index is 0.207. The van der Waals surface area contributed by atoms with Crippen LogP contribution in [0.5, 0.6) is 0 Å². The Kier molecular flexibility index (Phi) is 5.99. The Bertz CT molecular complexity index is 420. The monoisotopic (exact) mass is 265 g/mol. The van der Waals surface area contributed by atoms with E-state index in [1.54, 1.807) is 14.0 Å². The molecular weight excluding hydrogens is 242 g/mol. The molecule has 1 atom stereocenters. The first-order valence-electron chi connectivity index (χ1n) is 6.54. The highest BCUT2D eigenvalue weighted by molar-refractivity contribution is 5.83. The van der Waals surface area contributed by atoms with Gasteiger partial charge in [-0.15, -0.1) is 0 Å². The number of benzene rings is 1. The summed E-state index contributed by atoms with van der Waals surface area (Å²) in [6.07, 6.45) is 0.516. The molecular formula is C15H23NO3. The van der Waals surface area contributed by atoms with E-state index in [0.29, 0.717) is 19.6 Å². The summed E-state index contributed by atoms with van der Waals surface area (Å²) < 4.78 is 10.3. The Hall–Kier alpha value is -1.39. The lowest BCUT2D eigenvalue weighted by atomic mass is 9.77. The second-order valence-electron chi connectivity index (χ2n) is 4.62. The van der Waals surface area contributed by atoms with E-state index in [0.717, 1.165) is 11.1 Å². The molecule has 1 unspecified atom stereocenters. The molecule has 1 rings (SSSR count). The lowest BCUT2D eigenvalue weighted by Crippen LogP contribution is -2.45. The Morgan fingerprint density at radius 2 is 2.16 bits per heavy atom. The minimum atomic E-state index is -0.821. The quantitative estimate of drug-likeness (QED) is 0.764. The van der Waals surface area contributed by atoms with Gasteiger partial charge in [0.15, 0.2) is 0 Å². The Labute approximate surface area is 114 Å². The summed E-state index contributed by atoms with van der Waals surface area (Å²) in [5.74, 6) is -0.278. The third kappa shape index (κ3) is 3.55. The Morgan fingerprint density at radius 3 is 2.68 bits per heavy atom. The fraction of sp³-hybridized carbons (Fsp3) is 0.533. The van der Waals surface area contributed by atoms with Crippen LogP contribution in [-0.2, 0) is 19.7 Å². The predicted octanol–water partition coefficient (Wildman–Crippen LogP) is 1.79. The molecule has 0 saturated carbocycles. The second kappa shape index (κ2) is 7.26. The summed E-state index contributed by atoms with van der Waals surface area (Å²) in [5, 5.41) is 0. The molecule has 4 nitrogen and oxygen atoms in total. The molecule has 4 heteroatoms. The van der Waals surface area contributed by atoms with Gasteiger partial charge in [-0.25, -0.2) is 0 Å². The van der Waals surface area contributed by atoms with Crippen LogP contribution in [0.2, 0.25) is 0 Å². The zero-order valence-corrected chi connectivity index (χ0v) is 11.9. The van der Waals surface area contributed by atoms with Crippen LogP contribution in [0.4, 0.5) is 0 Å². The van der Waals surface area contributed by atoms with Crippen molar-refractivity contribution in [2.45, 2.75) is 25.7 Å². The maximum atomic E-state index is 12.4. The van der Waals surface area contributed by atoms with E-state index in [1.165, 1.54) is 0 Å². The average Bonchev–Trinajstić information content (AvgIpc) is 2.40. The molecule has 0 fully saturated rings. The zero-order chi connectivity index (χ0) is 14.3. The molecule has 0 amide bonds. The first-order valence-corrected chi connectivity index (χ1v) is 6.54. The molecule has 1 aromatic carbocycles. The first-order chi connectivity index (χ1) is 9.10. The topological polar surface area (TPSA) is 61.5 Å². The van der Waals surface area contributed by atoms with Crippen molar-refractivity contribution in [3.05, 3.63) is 35.4 Å². The molecule has 0 aliphatic carbocycles. The van der Waals surface area contributed by atoms with E-state index in [9.17, 15) is 4.79 Å². The van der Waals surface area contributed by atoms with Crippen molar-refractivity contribution in [3.8, 4) is 0 Å². The number of aryl methyl sites for hydroxylation is 1. The van der Waals surface area contributed by atoms with Crippen LogP contribution in [0, 0.1) is 6.92 Å². The van der Waals surface area contributed by atoms with E-state index < -0.39 is 5.41 Å². The molecule has 106 valence electrons. The van der Waals surface area contributed by atoms with Gasteiger partial charge in [0.1, 0.15) is 5.41 Å². The fourth-order valence-electron chi connectivity index (χ4n) is 2.16. The van der Waals surface area contributed by atoms with Crippen molar-refractivity contribution in [2.24, 2.45) is 5.73 Å². The van der Waals surface area contributed by atoms with Crippen LogP contribution < -0.4 is 5.73 Å². The van der Waals surface area contributed by atoms with Crippen molar-refractivity contribution < 1.29 is 14.3 Å². The van der Waals surface area contributed by atoms with E-state index >= 15 is 0 Å². The SMILES string of the molecule is CCOC(=O)C(CN)(CCOC)c1cccc(C)c1. The van der Waals surface area contributed by atoms with Gasteiger partial charge in [0.05, 0.1) is 6.61 Å². The summed E-state index contributed by atoms with van der Waals surface area (Å²) in [6.45, 7) is 4.81. The molecule has 0 aromatic heterocycles. The smallest absolute Gasteiger partial charge is 0.317 e. The maximum Gasteiger partial charge on any atom is 0.317 e. The third-order valence-corrected chi connectivity index (χ3v) is 3.32. The number of carbonyl (C=O) groups excluding carboxylic acids is 1. The Morgan fingerprint density at radius 1 is 1.42 bits per heavy atom. The van der Waals surface area contributed by atoms with Crippen LogP contribution in [0.3, 0.4) is 0 Å². The number of hydrogen-bond donors (Lipinski definition) is 1. The van der Waals surface area contributed by atoms with Gasteiger partial charge >= 0.3 is 5.97 Å². The van der Waals surface area contributed by atoms with Gasteiger partial charge in [0, 0.05) is 20.3 Å². The molecule has 0 saturated heterocycles. The van der Waals surface area contributed by atoms with Crippen molar-refractivity contribution >= 4 is 5.97 Å². The third-order valence-electron chi connectivity index (χ3n) is 3.32. The number of methoxy groups -OCH3 is 1.